The average molecular weight is 328 g/mol. The van der Waals surface area contributed by atoms with Crippen LogP contribution in [0.1, 0.15) is 25.7 Å². The van der Waals surface area contributed by atoms with Gasteiger partial charge in [0.25, 0.3) is 5.88 Å². The SMILES string of the molecule is COc1nc(Cl)c(-c2cnn(CC3(F)CCCC3)c2)cc1F. The summed E-state index contributed by atoms with van der Waals surface area (Å²) in [4.78, 5) is 3.85. The van der Waals surface area contributed by atoms with Crippen LogP contribution in [0.15, 0.2) is 18.5 Å². The van der Waals surface area contributed by atoms with Gasteiger partial charge in [0.05, 0.1) is 19.9 Å². The van der Waals surface area contributed by atoms with E-state index in [0.29, 0.717) is 24.0 Å². The fourth-order valence-electron chi connectivity index (χ4n) is 2.84. The molecule has 4 nitrogen and oxygen atoms in total. The van der Waals surface area contributed by atoms with Gasteiger partial charge in [-0.05, 0) is 18.9 Å². The Morgan fingerprint density at radius 1 is 1.41 bits per heavy atom. The number of hydrogen-bond acceptors (Lipinski definition) is 3. The van der Waals surface area contributed by atoms with Crippen LogP contribution in [0.4, 0.5) is 8.78 Å². The number of pyridine rings is 1. The van der Waals surface area contributed by atoms with Gasteiger partial charge in [0.1, 0.15) is 10.8 Å². The Hall–Kier alpha value is -1.69. The summed E-state index contributed by atoms with van der Waals surface area (Å²) in [6.07, 6.45) is 6.12. The molecule has 0 atom stereocenters. The van der Waals surface area contributed by atoms with Crippen LogP contribution in [0.5, 0.6) is 5.88 Å². The molecular weight excluding hydrogens is 312 g/mol. The molecule has 0 radical (unpaired) electrons. The molecule has 2 heterocycles. The monoisotopic (exact) mass is 327 g/mol. The van der Waals surface area contributed by atoms with Gasteiger partial charge in [-0.3, -0.25) is 4.68 Å². The van der Waals surface area contributed by atoms with Crippen molar-refractivity contribution in [3.05, 3.63) is 29.4 Å². The summed E-state index contributed by atoms with van der Waals surface area (Å²) < 4.78 is 34.6. The molecule has 0 spiro atoms. The number of nitrogens with zero attached hydrogens (tertiary/aromatic N) is 3. The summed E-state index contributed by atoms with van der Waals surface area (Å²) in [6.45, 7) is 0.205. The summed E-state index contributed by atoms with van der Waals surface area (Å²) in [5.74, 6) is -0.762. The number of hydrogen-bond donors (Lipinski definition) is 0. The standard InChI is InChI=1S/C15H16ClF2N3O/c1-22-14-12(17)6-11(13(16)20-14)10-7-19-21(8-10)9-15(18)4-2-3-5-15/h6-8H,2-5,9H2,1H3. The highest BCUT2D eigenvalue weighted by molar-refractivity contribution is 6.32. The van der Waals surface area contributed by atoms with Gasteiger partial charge in [-0.1, -0.05) is 24.4 Å². The van der Waals surface area contributed by atoms with E-state index in [9.17, 15) is 8.78 Å². The first-order valence-corrected chi connectivity index (χ1v) is 7.50. The van der Waals surface area contributed by atoms with Crippen LogP contribution in [0.2, 0.25) is 5.15 Å². The highest BCUT2D eigenvalue weighted by Crippen LogP contribution is 2.35. The van der Waals surface area contributed by atoms with Crippen molar-refractivity contribution in [3.63, 3.8) is 0 Å². The van der Waals surface area contributed by atoms with E-state index in [2.05, 4.69) is 10.1 Å². The zero-order valence-electron chi connectivity index (χ0n) is 12.2. The number of ether oxygens (including phenoxy) is 1. The fourth-order valence-corrected chi connectivity index (χ4v) is 3.08. The Balaban J connectivity index is 1.86. The smallest absolute Gasteiger partial charge is 0.251 e. The summed E-state index contributed by atoms with van der Waals surface area (Å²) in [5, 5.41) is 4.27. The molecule has 2 aromatic heterocycles. The predicted octanol–water partition coefficient (Wildman–Crippen LogP) is 4.03. The second-order valence-corrected chi connectivity index (χ2v) is 5.96. The van der Waals surface area contributed by atoms with Gasteiger partial charge in [-0.2, -0.15) is 10.1 Å². The number of alkyl halides is 1. The van der Waals surface area contributed by atoms with E-state index in [1.54, 1.807) is 10.9 Å². The molecule has 7 heteroatoms. The largest absolute Gasteiger partial charge is 0.479 e. The van der Waals surface area contributed by atoms with Crippen LogP contribution in [0.25, 0.3) is 11.1 Å². The zero-order chi connectivity index (χ0) is 15.7. The van der Waals surface area contributed by atoms with Crippen molar-refractivity contribution in [1.29, 1.82) is 0 Å². The molecule has 0 N–H and O–H groups in total. The van der Waals surface area contributed by atoms with Crippen molar-refractivity contribution in [1.82, 2.24) is 14.8 Å². The van der Waals surface area contributed by atoms with Crippen molar-refractivity contribution in [2.75, 3.05) is 7.11 Å². The molecule has 118 valence electrons. The molecule has 1 aliphatic rings. The summed E-state index contributed by atoms with van der Waals surface area (Å²) in [7, 11) is 1.32. The van der Waals surface area contributed by atoms with E-state index in [-0.39, 0.29) is 17.6 Å². The third kappa shape index (κ3) is 2.92. The van der Waals surface area contributed by atoms with Crippen LogP contribution >= 0.6 is 11.6 Å². The van der Waals surface area contributed by atoms with Crippen molar-refractivity contribution in [2.45, 2.75) is 37.9 Å². The second-order valence-electron chi connectivity index (χ2n) is 5.60. The van der Waals surface area contributed by atoms with E-state index in [4.69, 9.17) is 16.3 Å². The first-order valence-electron chi connectivity index (χ1n) is 7.12. The van der Waals surface area contributed by atoms with Gasteiger partial charge < -0.3 is 4.74 Å². The Morgan fingerprint density at radius 2 is 2.14 bits per heavy atom. The number of aromatic nitrogens is 3. The molecule has 0 bridgehead atoms. The summed E-state index contributed by atoms with van der Waals surface area (Å²) >= 11 is 6.05. The van der Waals surface area contributed by atoms with Gasteiger partial charge >= 0.3 is 0 Å². The molecule has 1 aliphatic carbocycles. The first-order chi connectivity index (χ1) is 10.5. The van der Waals surface area contributed by atoms with Crippen molar-refractivity contribution < 1.29 is 13.5 Å². The molecule has 0 unspecified atom stereocenters. The highest BCUT2D eigenvalue weighted by Gasteiger charge is 2.34. The molecule has 1 fully saturated rings. The van der Waals surface area contributed by atoms with E-state index in [1.807, 2.05) is 0 Å². The van der Waals surface area contributed by atoms with Crippen LogP contribution in [0.3, 0.4) is 0 Å². The van der Waals surface area contributed by atoms with Crippen molar-refractivity contribution >= 4 is 11.6 Å². The molecule has 0 amide bonds. The summed E-state index contributed by atoms with van der Waals surface area (Å²) in [5.41, 5.74) is -0.192. The number of halogens is 3. The Labute approximate surface area is 132 Å². The van der Waals surface area contributed by atoms with Crippen LogP contribution in [-0.4, -0.2) is 27.5 Å². The van der Waals surface area contributed by atoms with E-state index in [0.717, 1.165) is 12.8 Å². The topological polar surface area (TPSA) is 39.9 Å². The minimum Gasteiger partial charge on any atom is -0.479 e. The van der Waals surface area contributed by atoms with Crippen LogP contribution < -0.4 is 4.74 Å². The lowest BCUT2D eigenvalue weighted by atomic mass is 10.1. The zero-order valence-corrected chi connectivity index (χ0v) is 12.9. The maximum absolute atomic E-state index is 14.5. The Morgan fingerprint density at radius 3 is 2.82 bits per heavy atom. The lowest BCUT2D eigenvalue weighted by Crippen LogP contribution is -2.25. The highest BCUT2D eigenvalue weighted by atomic mass is 35.5. The van der Waals surface area contributed by atoms with Crippen molar-refractivity contribution in [2.24, 2.45) is 0 Å². The van der Waals surface area contributed by atoms with Gasteiger partial charge in [0, 0.05) is 17.3 Å². The molecule has 0 aliphatic heterocycles. The third-order valence-electron chi connectivity index (χ3n) is 3.98. The minimum absolute atomic E-state index is 0.119. The van der Waals surface area contributed by atoms with Crippen molar-refractivity contribution in [3.8, 4) is 17.0 Å². The molecule has 3 rings (SSSR count). The molecular formula is C15H16ClF2N3O. The Kier molecular flexibility index (Phi) is 4.04. The second kappa shape index (κ2) is 5.83. The quantitative estimate of drug-likeness (QED) is 0.796. The minimum atomic E-state index is -1.20. The van der Waals surface area contributed by atoms with E-state index < -0.39 is 11.5 Å². The molecule has 1 saturated carbocycles. The molecule has 0 saturated heterocycles. The number of rotatable bonds is 4. The third-order valence-corrected chi connectivity index (χ3v) is 4.27. The molecule has 22 heavy (non-hydrogen) atoms. The van der Waals surface area contributed by atoms with Gasteiger partial charge in [-0.15, -0.1) is 0 Å². The molecule has 2 aromatic rings. The molecule has 0 aromatic carbocycles. The van der Waals surface area contributed by atoms with E-state index >= 15 is 0 Å². The maximum atomic E-state index is 14.5. The van der Waals surface area contributed by atoms with Crippen LogP contribution in [-0.2, 0) is 6.54 Å². The lowest BCUT2D eigenvalue weighted by molar-refractivity contribution is 0.139. The first kappa shape index (κ1) is 15.2. The maximum Gasteiger partial charge on any atom is 0.251 e. The Bertz CT molecular complexity index is 683. The van der Waals surface area contributed by atoms with Crippen LogP contribution in [0, 0.1) is 5.82 Å². The van der Waals surface area contributed by atoms with Gasteiger partial charge in [-0.25, -0.2) is 8.78 Å². The number of methoxy groups -OCH3 is 1. The average Bonchev–Trinajstić information content (AvgIpc) is 3.10. The van der Waals surface area contributed by atoms with E-state index in [1.165, 1.54) is 19.4 Å². The normalized spacial score (nSPS) is 16.9. The lowest BCUT2D eigenvalue weighted by Gasteiger charge is -2.18. The van der Waals surface area contributed by atoms with Gasteiger partial charge in [0.15, 0.2) is 5.82 Å². The van der Waals surface area contributed by atoms with Gasteiger partial charge in [0.2, 0.25) is 0 Å². The predicted molar refractivity (Wildman–Crippen MR) is 79.3 cm³/mol. The fraction of sp³-hybridized carbons (Fsp3) is 0.467. The summed E-state index contributed by atoms with van der Waals surface area (Å²) in [6, 6.07) is 1.25.